The Morgan fingerprint density at radius 3 is 2.50 bits per heavy atom. The van der Waals surface area contributed by atoms with Gasteiger partial charge in [0.05, 0.1) is 6.07 Å². The summed E-state index contributed by atoms with van der Waals surface area (Å²) >= 11 is 0. The molecule has 0 aromatic heterocycles. The number of hydrogen-bond acceptors (Lipinski definition) is 5. The van der Waals surface area contributed by atoms with Gasteiger partial charge in [-0.2, -0.15) is 5.26 Å². The van der Waals surface area contributed by atoms with Crippen molar-refractivity contribution in [2.45, 2.75) is 44.2 Å². The number of para-hydroxylation sites is 1. The summed E-state index contributed by atoms with van der Waals surface area (Å²) < 4.78 is 4.91. The average Bonchev–Trinajstić information content (AvgIpc) is 3.09. The number of esters is 1. The van der Waals surface area contributed by atoms with E-state index in [9.17, 15) is 19.6 Å². The van der Waals surface area contributed by atoms with E-state index in [0.717, 1.165) is 12.8 Å². The summed E-state index contributed by atoms with van der Waals surface area (Å²) in [7, 11) is 0. The molecule has 8 nitrogen and oxygen atoms in total. The van der Waals surface area contributed by atoms with Gasteiger partial charge in [0, 0.05) is 5.69 Å². The predicted molar refractivity (Wildman–Crippen MR) is 94.0 cm³/mol. The minimum atomic E-state index is -0.928. The monoisotopic (exact) mass is 358 g/mol. The molecule has 2 rings (SSSR count). The standard InChI is InChI=1S/C18H22N4O4/c1-13(20-17(25)21-14-7-3-2-4-8-14)16(24)26-11-15(23)22-18(12-19)9-5-6-10-18/h2-4,7-8,13H,5-6,9-11H2,1H3,(H,22,23)(H2,20,21,25)/t13-/m0/s1. The Balaban J connectivity index is 1.73. The van der Waals surface area contributed by atoms with Gasteiger partial charge in [0.1, 0.15) is 11.6 Å². The van der Waals surface area contributed by atoms with Crippen molar-refractivity contribution in [1.29, 1.82) is 5.26 Å². The van der Waals surface area contributed by atoms with Crippen LogP contribution in [0.1, 0.15) is 32.6 Å². The Morgan fingerprint density at radius 2 is 1.88 bits per heavy atom. The zero-order chi connectivity index (χ0) is 19.0. The summed E-state index contributed by atoms with van der Waals surface area (Å²) in [4.78, 5) is 35.7. The van der Waals surface area contributed by atoms with Gasteiger partial charge in [-0.15, -0.1) is 0 Å². The number of rotatable bonds is 6. The van der Waals surface area contributed by atoms with Crippen LogP contribution in [0.3, 0.4) is 0 Å². The molecule has 3 N–H and O–H groups in total. The number of amides is 3. The largest absolute Gasteiger partial charge is 0.454 e. The predicted octanol–water partition coefficient (Wildman–Crippen LogP) is 1.69. The molecule has 26 heavy (non-hydrogen) atoms. The first-order valence-corrected chi connectivity index (χ1v) is 8.45. The Kier molecular flexibility index (Phi) is 6.55. The number of nitrogens with zero attached hydrogens (tertiary/aromatic N) is 1. The van der Waals surface area contributed by atoms with Crippen molar-refractivity contribution in [3.05, 3.63) is 30.3 Å². The van der Waals surface area contributed by atoms with E-state index < -0.39 is 36.1 Å². The highest BCUT2D eigenvalue weighted by Crippen LogP contribution is 2.28. The number of nitrogens with one attached hydrogen (secondary N) is 3. The molecule has 0 spiro atoms. The van der Waals surface area contributed by atoms with Gasteiger partial charge in [-0.25, -0.2) is 9.59 Å². The fourth-order valence-electron chi connectivity index (χ4n) is 2.75. The topological polar surface area (TPSA) is 120 Å². The second-order valence-electron chi connectivity index (χ2n) is 6.24. The van der Waals surface area contributed by atoms with Crippen molar-refractivity contribution in [1.82, 2.24) is 10.6 Å². The molecular weight excluding hydrogens is 336 g/mol. The van der Waals surface area contributed by atoms with E-state index in [1.54, 1.807) is 24.3 Å². The minimum absolute atomic E-state index is 0.491. The molecule has 1 atom stereocenters. The smallest absolute Gasteiger partial charge is 0.328 e. The van der Waals surface area contributed by atoms with Gasteiger partial charge in [0.25, 0.3) is 5.91 Å². The quantitative estimate of drug-likeness (QED) is 0.668. The molecule has 138 valence electrons. The van der Waals surface area contributed by atoms with Crippen LogP contribution in [0.4, 0.5) is 10.5 Å². The van der Waals surface area contributed by atoms with Gasteiger partial charge in [-0.3, -0.25) is 4.79 Å². The first kappa shape index (κ1) is 19.2. The fraction of sp³-hybridized carbons (Fsp3) is 0.444. The number of anilines is 1. The lowest BCUT2D eigenvalue weighted by Crippen LogP contribution is -2.47. The highest BCUT2D eigenvalue weighted by molar-refractivity contribution is 5.92. The van der Waals surface area contributed by atoms with Crippen LogP contribution in [0.2, 0.25) is 0 Å². The molecule has 0 aliphatic heterocycles. The van der Waals surface area contributed by atoms with E-state index in [1.165, 1.54) is 6.92 Å². The van der Waals surface area contributed by atoms with Crippen molar-refractivity contribution < 1.29 is 19.1 Å². The van der Waals surface area contributed by atoms with Crippen LogP contribution in [0.5, 0.6) is 0 Å². The summed E-state index contributed by atoms with van der Waals surface area (Å²) in [6.45, 7) is 0.965. The third-order valence-corrected chi connectivity index (χ3v) is 4.13. The zero-order valence-electron chi connectivity index (χ0n) is 14.6. The third-order valence-electron chi connectivity index (χ3n) is 4.13. The number of nitriles is 1. The van der Waals surface area contributed by atoms with Gasteiger partial charge in [0.15, 0.2) is 6.61 Å². The van der Waals surface area contributed by atoms with E-state index in [-0.39, 0.29) is 0 Å². The molecule has 1 aromatic carbocycles. The van der Waals surface area contributed by atoms with Crippen molar-refractivity contribution in [2.24, 2.45) is 0 Å². The van der Waals surface area contributed by atoms with Crippen LogP contribution in [0, 0.1) is 11.3 Å². The zero-order valence-corrected chi connectivity index (χ0v) is 14.6. The molecule has 1 aromatic rings. The maximum absolute atomic E-state index is 11.9. The first-order valence-electron chi connectivity index (χ1n) is 8.45. The van der Waals surface area contributed by atoms with E-state index in [1.807, 2.05) is 6.07 Å². The number of urea groups is 1. The van der Waals surface area contributed by atoms with E-state index in [0.29, 0.717) is 18.5 Å². The van der Waals surface area contributed by atoms with E-state index in [2.05, 4.69) is 22.0 Å². The van der Waals surface area contributed by atoms with Crippen molar-refractivity contribution in [3.63, 3.8) is 0 Å². The second kappa shape index (κ2) is 8.85. The van der Waals surface area contributed by atoms with Crippen LogP contribution >= 0.6 is 0 Å². The molecule has 1 saturated carbocycles. The van der Waals surface area contributed by atoms with Crippen molar-refractivity contribution >= 4 is 23.6 Å². The van der Waals surface area contributed by atoms with Crippen molar-refractivity contribution in [2.75, 3.05) is 11.9 Å². The SMILES string of the molecule is C[C@H](NC(=O)Nc1ccccc1)C(=O)OCC(=O)NC1(C#N)CCCC1. The average molecular weight is 358 g/mol. The number of benzene rings is 1. The Labute approximate surface area is 151 Å². The molecule has 1 aliphatic carbocycles. The summed E-state index contributed by atoms with van der Waals surface area (Å²) in [5, 5.41) is 16.9. The first-order chi connectivity index (χ1) is 12.4. The molecule has 0 saturated heterocycles. The molecule has 8 heteroatoms. The van der Waals surface area contributed by atoms with E-state index >= 15 is 0 Å². The summed E-state index contributed by atoms with van der Waals surface area (Å²) in [5.41, 5.74) is -0.272. The number of carbonyl (C=O) groups excluding carboxylic acids is 3. The van der Waals surface area contributed by atoms with Crippen LogP contribution in [0.25, 0.3) is 0 Å². The highest BCUT2D eigenvalue weighted by Gasteiger charge is 2.35. The molecule has 0 unspecified atom stereocenters. The normalized spacial score (nSPS) is 16.0. The Morgan fingerprint density at radius 1 is 1.23 bits per heavy atom. The summed E-state index contributed by atoms with van der Waals surface area (Å²) in [5.74, 6) is -1.26. The lowest BCUT2D eigenvalue weighted by Gasteiger charge is -2.22. The third kappa shape index (κ3) is 5.48. The van der Waals surface area contributed by atoms with Gasteiger partial charge in [0.2, 0.25) is 0 Å². The molecular formula is C18H22N4O4. The number of carbonyl (C=O) groups is 3. The highest BCUT2D eigenvalue weighted by atomic mass is 16.5. The van der Waals surface area contributed by atoms with Gasteiger partial charge < -0.3 is 20.7 Å². The minimum Gasteiger partial charge on any atom is -0.454 e. The lowest BCUT2D eigenvalue weighted by atomic mass is 10.00. The van der Waals surface area contributed by atoms with Gasteiger partial charge in [-0.1, -0.05) is 18.2 Å². The van der Waals surface area contributed by atoms with Gasteiger partial charge in [-0.05, 0) is 44.7 Å². The Hall–Kier alpha value is -3.08. The second-order valence-corrected chi connectivity index (χ2v) is 6.24. The van der Waals surface area contributed by atoms with Crippen LogP contribution in [0.15, 0.2) is 30.3 Å². The van der Waals surface area contributed by atoms with Crippen LogP contribution in [-0.2, 0) is 14.3 Å². The molecule has 0 radical (unpaired) electrons. The number of ether oxygens (including phenoxy) is 1. The van der Waals surface area contributed by atoms with E-state index in [4.69, 9.17) is 4.74 Å². The molecule has 1 aliphatic rings. The summed E-state index contributed by atoms with van der Waals surface area (Å²) in [6.07, 6.45) is 2.96. The maximum Gasteiger partial charge on any atom is 0.328 e. The van der Waals surface area contributed by atoms with Gasteiger partial charge >= 0.3 is 12.0 Å². The lowest BCUT2D eigenvalue weighted by molar-refractivity contribution is -0.150. The van der Waals surface area contributed by atoms with Crippen LogP contribution < -0.4 is 16.0 Å². The molecule has 3 amide bonds. The molecule has 0 heterocycles. The number of hydrogen-bond donors (Lipinski definition) is 3. The molecule has 0 bridgehead atoms. The summed E-state index contributed by atoms with van der Waals surface area (Å²) in [6, 6.07) is 9.42. The van der Waals surface area contributed by atoms with Crippen LogP contribution in [-0.4, -0.2) is 36.1 Å². The molecule has 1 fully saturated rings. The fourth-order valence-corrected chi connectivity index (χ4v) is 2.75. The Bertz CT molecular complexity index is 693. The van der Waals surface area contributed by atoms with Crippen molar-refractivity contribution in [3.8, 4) is 6.07 Å². The maximum atomic E-state index is 11.9.